The molecule has 1 fully saturated rings. The summed E-state index contributed by atoms with van der Waals surface area (Å²) in [6.45, 7) is 5.89. The monoisotopic (exact) mass is 339 g/mol. The van der Waals surface area contributed by atoms with Crippen LogP contribution >= 0.6 is 0 Å². The van der Waals surface area contributed by atoms with Crippen molar-refractivity contribution < 1.29 is 4.79 Å². The van der Waals surface area contributed by atoms with Gasteiger partial charge < -0.3 is 10.2 Å². The molecule has 6 nitrogen and oxygen atoms in total. The van der Waals surface area contributed by atoms with Crippen LogP contribution in [0.25, 0.3) is 0 Å². The van der Waals surface area contributed by atoms with Crippen LogP contribution in [0, 0.1) is 5.92 Å². The van der Waals surface area contributed by atoms with Gasteiger partial charge in [-0.1, -0.05) is 19.9 Å². The van der Waals surface area contributed by atoms with Crippen molar-refractivity contribution in [2.24, 2.45) is 5.92 Å². The van der Waals surface area contributed by atoms with Crippen molar-refractivity contribution in [3.63, 3.8) is 0 Å². The van der Waals surface area contributed by atoms with Crippen molar-refractivity contribution in [3.8, 4) is 0 Å². The smallest absolute Gasteiger partial charge is 0.274 e. The lowest BCUT2D eigenvalue weighted by molar-refractivity contribution is 0.0692. The molecule has 1 aliphatic heterocycles. The van der Waals surface area contributed by atoms with E-state index >= 15 is 0 Å². The van der Waals surface area contributed by atoms with Gasteiger partial charge >= 0.3 is 0 Å². The quantitative estimate of drug-likeness (QED) is 0.906. The molecule has 3 heterocycles. The van der Waals surface area contributed by atoms with E-state index in [9.17, 15) is 4.79 Å². The minimum absolute atomic E-state index is 0.0308. The number of amides is 1. The predicted octanol–water partition coefficient (Wildman–Crippen LogP) is 2.46. The maximum atomic E-state index is 12.5. The lowest BCUT2D eigenvalue weighted by Gasteiger charge is -2.35. The summed E-state index contributed by atoms with van der Waals surface area (Å²) in [4.78, 5) is 26.9. The first-order chi connectivity index (χ1) is 12.1. The van der Waals surface area contributed by atoms with Crippen molar-refractivity contribution in [2.75, 3.05) is 13.1 Å². The van der Waals surface area contributed by atoms with Gasteiger partial charge in [-0.25, -0.2) is 4.98 Å². The van der Waals surface area contributed by atoms with Crippen molar-refractivity contribution >= 4 is 5.91 Å². The molecule has 0 radical (unpaired) electrons. The number of nitrogens with zero attached hydrogens (tertiary/aromatic N) is 4. The van der Waals surface area contributed by atoms with Crippen molar-refractivity contribution in [2.45, 2.75) is 38.8 Å². The molecule has 1 saturated heterocycles. The zero-order valence-corrected chi connectivity index (χ0v) is 14.8. The number of hydrogen-bond donors (Lipinski definition) is 1. The third-order valence-corrected chi connectivity index (χ3v) is 4.65. The normalized spacial score (nSPS) is 16.8. The highest BCUT2D eigenvalue weighted by molar-refractivity contribution is 5.92. The molecule has 1 aliphatic rings. The van der Waals surface area contributed by atoms with Crippen molar-refractivity contribution in [1.29, 1.82) is 0 Å². The minimum Gasteiger partial charge on any atom is -0.337 e. The number of nitrogens with one attached hydrogen (secondary N) is 1. The number of piperidine rings is 1. The third kappa shape index (κ3) is 4.39. The Morgan fingerprint density at radius 3 is 2.56 bits per heavy atom. The standard InChI is InChI=1S/C19H25N5O/c1-14(2)18(16-5-3-4-8-21-16)23-15-6-11-24(12-7-15)19(25)17-13-20-9-10-22-17/h3-5,8-10,13-15,18,23H,6-7,11-12H2,1-2H3/t18-/m0/s1. The van der Waals surface area contributed by atoms with Crippen LogP contribution in [0.2, 0.25) is 0 Å². The fourth-order valence-electron chi connectivity index (χ4n) is 3.25. The SMILES string of the molecule is CC(C)[C@H](NC1CCN(C(=O)c2cnccn2)CC1)c1ccccn1. The molecule has 132 valence electrons. The summed E-state index contributed by atoms with van der Waals surface area (Å²) in [5, 5.41) is 3.74. The average Bonchev–Trinajstić information content (AvgIpc) is 2.67. The van der Waals surface area contributed by atoms with Crippen molar-refractivity contribution in [1.82, 2.24) is 25.2 Å². The summed E-state index contributed by atoms with van der Waals surface area (Å²) in [6.07, 6.45) is 8.37. The Hall–Kier alpha value is -2.34. The van der Waals surface area contributed by atoms with E-state index in [1.807, 2.05) is 23.2 Å². The largest absolute Gasteiger partial charge is 0.337 e. The van der Waals surface area contributed by atoms with Gasteiger partial charge in [-0.15, -0.1) is 0 Å². The molecule has 0 saturated carbocycles. The molecule has 3 rings (SSSR count). The zero-order chi connectivity index (χ0) is 17.6. The molecular formula is C19H25N5O. The molecule has 6 heteroatoms. The summed E-state index contributed by atoms with van der Waals surface area (Å²) in [5.41, 5.74) is 1.50. The number of carbonyl (C=O) groups excluding carboxylic acids is 1. The number of likely N-dealkylation sites (tertiary alicyclic amines) is 1. The Labute approximate surface area is 148 Å². The molecule has 2 aromatic heterocycles. The number of carbonyl (C=O) groups is 1. The van der Waals surface area contributed by atoms with E-state index < -0.39 is 0 Å². The second kappa shape index (κ2) is 8.16. The fraction of sp³-hybridized carbons (Fsp3) is 0.474. The summed E-state index contributed by atoms with van der Waals surface area (Å²) in [5.74, 6) is 0.422. The van der Waals surface area contributed by atoms with Gasteiger partial charge in [-0.3, -0.25) is 14.8 Å². The molecule has 0 spiro atoms. The lowest BCUT2D eigenvalue weighted by atomic mass is 9.96. The molecule has 25 heavy (non-hydrogen) atoms. The van der Waals surface area contributed by atoms with E-state index in [2.05, 4.69) is 40.2 Å². The van der Waals surface area contributed by atoms with Gasteiger partial charge in [0.1, 0.15) is 5.69 Å². The minimum atomic E-state index is -0.0308. The summed E-state index contributed by atoms with van der Waals surface area (Å²) in [6, 6.07) is 6.66. The Kier molecular flexibility index (Phi) is 5.71. The molecule has 1 atom stereocenters. The van der Waals surface area contributed by atoms with Crippen LogP contribution < -0.4 is 5.32 Å². The fourth-order valence-corrected chi connectivity index (χ4v) is 3.25. The van der Waals surface area contributed by atoms with E-state index in [1.165, 1.54) is 6.20 Å². The number of pyridine rings is 1. The molecule has 0 aromatic carbocycles. The van der Waals surface area contributed by atoms with Gasteiger partial charge in [-0.05, 0) is 30.9 Å². The Bertz CT molecular complexity index is 669. The van der Waals surface area contributed by atoms with Gasteiger partial charge in [0.25, 0.3) is 5.91 Å². The van der Waals surface area contributed by atoms with E-state index in [0.29, 0.717) is 17.7 Å². The maximum absolute atomic E-state index is 12.5. The van der Waals surface area contributed by atoms with Crippen LogP contribution in [0.15, 0.2) is 43.0 Å². The Morgan fingerprint density at radius 2 is 1.96 bits per heavy atom. The first kappa shape index (κ1) is 17.5. The Morgan fingerprint density at radius 1 is 1.16 bits per heavy atom. The Balaban J connectivity index is 1.57. The van der Waals surface area contributed by atoms with E-state index in [0.717, 1.165) is 31.6 Å². The second-order valence-corrected chi connectivity index (χ2v) is 6.80. The molecule has 2 aromatic rings. The zero-order valence-electron chi connectivity index (χ0n) is 14.8. The summed E-state index contributed by atoms with van der Waals surface area (Å²) in [7, 11) is 0. The molecule has 0 bridgehead atoms. The van der Waals surface area contributed by atoms with E-state index in [-0.39, 0.29) is 11.9 Å². The van der Waals surface area contributed by atoms with Crippen LogP contribution in [-0.4, -0.2) is 44.9 Å². The molecule has 1 amide bonds. The van der Waals surface area contributed by atoms with Crippen LogP contribution in [0.1, 0.15) is 48.9 Å². The molecule has 0 unspecified atom stereocenters. The molecule has 0 aliphatic carbocycles. The van der Waals surface area contributed by atoms with Crippen molar-refractivity contribution in [3.05, 3.63) is 54.4 Å². The summed E-state index contributed by atoms with van der Waals surface area (Å²) < 4.78 is 0. The average molecular weight is 339 g/mol. The summed E-state index contributed by atoms with van der Waals surface area (Å²) >= 11 is 0. The molecule has 1 N–H and O–H groups in total. The van der Waals surface area contributed by atoms with E-state index in [1.54, 1.807) is 12.4 Å². The lowest BCUT2D eigenvalue weighted by Crippen LogP contribution is -2.46. The topological polar surface area (TPSA) is 71.0 Å². The maximum Gasteiger partial charge on any atom is 0.274 e. The van der Waals surface area contributed by atoms with Crippen LogP contribution in [0.5, 0.6) is 0 Å². The predicted molar refractivity (Wildman–Crippen MR) is 95.9 cm³/mol. The first-order valence-corrected chi connectivity index (χ1v) is 8.87. The second-order valence-electron chi connectivity index (χ2n) is 6.80. The highest BCUT2D eigenvalue weighted by Crippen LogP contribution is 2.23. The van der Waals surface area contributed by atoms with Crippen LogP contribution in [0.4, 0.5) is 0 Å². The van der Waals surface area contributed by atoms with Crippen LogP contribution in [-0.2, 0) is 0 Å². The number of rotatable bonds is 5. The van der Waals surface area contributed by atoms with Gasteiger partial charge in [0.15, 0.2) is 0 Å². The molecular weight excluding hydrogens is 314 g/mol. The highest BCUT2D eigenvalue weighted by atomic mass is 16.2. The van der Waals surface area contributed by atoms with Gasteiger partial charge in [-0.2, -0.15) is 0 Å². The van der Waals surface area contributed by atoms with Gasteiger partial charge in [0.05, 0.1) is 17.9 Å². The third-order valence-electron chi connectivity index (χ3n) is 4.65. The van der Waals surface area contributed by atoms with Gasteiger partial charge in [0.2, 0.25) is 0 Å². The van der Waals surface area contributed by atoms with Crippen LogP contribution in [0.3, 0.4) is 0 Å². The first-order valence-electron chi connectivity index (χ1n) is 8.87. The highest BCUT2D eigenvalue weighted by Gasteiger charge is 2.27. The van der Waals surface area contributed by atoms with Gasteiger partial charge in [0, 0.05) is 37.7 Å². The number of aromatic nitrogens is 3. The number of hydrogen-bond acceptors (Lipinski definition) is 5. The van der Waals surface area contributed by atoms with E-state index in [4.69, 9.17) is 0 Å².